The summed E-state index contributed by atoms with van der Waals surface area (Å²) in [5.41, 5.74) is 1.12. The monoisotopic (exact) mass is 188 g/mol. The Kier molecular flexibility index (Phi) is 3.18. The van der Waals surface area contributed by atoms with Crippen LogP contribution in [0.15, 0.2) is 47.6 Å². The van der Waals surface area contributed by atoms with Crippen molar-refractivity contribution in [3.63, 3.8) is 0 Å². The molecule has 3 heteroatoms. The summed E-state index contributed by atoms with van der Waals surface area (Å²) in [5, 5.41) is 4.88. The van der Waals surface area contributed by atoms with Crippen molar-refractivity contribution in [2.75, 3.05) is 5.01 Å². The minimum Gasteiger partial charge on any atom is -0.267 e. The Bertz CT molecular complexity index is 357. The standard InChI is InChI=1S/C11H12N2O/c1-9(2)11(14)13(12-3)10-7-5-4-6-8-10/h4-8H,1,3H2,2H3. The maximum atomic E-state index is 11.6. The summed E-state index contributed by atoms with van der Waals surface area (Å²) in [4.78, 5) is 11.6. The van der Waals surface area contributed by atoms with Gasteiger partial charge < -0.3 is 0 Å². The van der Waals surface area contributed by atoms with Gasteiger partial charge in [0.05, 0.1) is 5.69 Å². The van der Waals surface area contributed by atoms with Crippen molar-refractivity contribution in [3.8, 4) is 0 Å². The zero-order valence-corrected chi connectivity index (χ0v) is 8.10. The van der Waals surface area contributed by atoms with Crippen molar-refractivity contribution in [1.82, 2.24) is 0 Å². The maximum absolute atomic E-state index is 11.6. The van der Waals surface area contributed by atoms with Crippen LogP contribution in [0.4, 0.5) is 5.69 Å². The molecule has 0 unspecified atom stereocenters. The number of para-hydroxylation sites is 1. The van der Waals surface area contributed by atoms with Crippen LogP contribution >= 0.6 is 0 Å². The smallest absolute Gasteiger partial charge is 0.267 e. The van der Waals surface area contributed by atoms with Gasteiger partial charge in [0, 0.05) is 12.3 Å². The number of nitrogens with zero attached hydrogens (tertiary/aromatic N) is 2. The highest BCUT2D eigenvalue weighted by Crippen LogP contribution is 2.15. The molecule has 0 radical (unpaired) electrons. The molecule has 0 saturated carbocycles. The van der Waals surface area contributed by atoms with Crippen molar-refractivity contribution >= 4 is 18.3 Å². The van der Waals surface area contributed by atoms with Crippen LogP contribution in [0.5, 0.6) is 0 Å². The number of hydrogen-bond donors (Lipinski definition) is 0. The predicted molar refractivity (Wildman–Crippen MR) is 58.3 cm³/mol. The van der Waals surface area contributed by atoms with Crippen molar-refractivity contribution in [1.29, 1.82) is 0 Å². The lowest BCUT2D eigenvalue weighted by atomic mass is 10.2. The Labute approximate surface area is 83.4 Å². The van der Waals surface area contributed by atoms with Gasteiger partial charge in [0.1, 0.15) is 0 Å². The van der Waals surface area contributed by atoms with Gasteiger partial charge >= 0.3 is 0 Å². The molecule has 1 aromatic rings. The summed E-state index contributed by atoms with van der Waals surface area (Å²) in [6, 6.07) is 9.11. The van der Waals surface area contributed by atoms with E-state index in [1.165, 1.54) is 5.01 Å². The fourth-order valence-electron chi connectivity index (χ4n) is 1.01. The summed E-state index contributed by atoms with van der Waals surface area (Å²) in [6.45, 7) is 8.57. The van der Waals surface area contributed by atoms with Crippen molar-refractivity contribution < 1.29 is 4.79 Å². The van der Waals surface area contributed by atoms with E-state index in [-0.39, 0.29) is 5.91 Å². The van der Waals surface area contributed by atoms with Crippen LogP contribution in [0.1, 0.15) is 6.92 Å². The number of benzene rings is 1. The molecule has 0 aliphatic heterocycles. The molecule has 0 N–H and O–H groups in total. The fraction of sp³-hybridized carbons (Fsp3) is 0.0909. The summed E-state index contributed by atoms with van der Waals surface area (Å²) in [7, 11) is 0. The third-order valence-corrected chi connectivity index (χ3v) is 1.70. The predicted octanol–water partition coefficient (Wildman–Crippen LogP) is 2.21. The fourth-order valence-corrected chi connectivity index (χ4v) is 1.01. The van der Waals surface area contributed by atoms with Crippen LogP contribution in [0.3, 0.4) is 0 Å². The van der Waals surface area contributed by atoms with Crippen LogP contribution in [0, 0.1) is 0 Å². The van der Waals surface area contributed by atoms with Gasteiger partial charge in [-0.3, -0.25) is 4.79 Å². The van der Waals surface area contributed by atoms with E-state index in [0.717, 1.165) is 0 Å². The lowest BCUT2D eigenvalue weighted by molar-refractivity contribution is -0.115. The summed E-state index contributed by atoms with van der Waals surface area (Å²) >= 11 is 0. The van der Waals surface area contributed by atoms with E-state index in [0.29, 0.717) is 11.3 Å². The van der Waals surface area contributed by atoms with Gasteiger partial charge in [0.2, 0.25) is 0 Å². The van der Waals surface area contributed by atoms with E-state index < -0.39 is 0 Å². The second kappa shape index (κ2) is 4.37. The van der Waals surface area contributed by atoms with E-state index in [4.69, 9.17) is 0 Å². The molecule has 0 aromatic heterocycles. The SMILES string of the molecule is C=NN(C(=O)C(=C)C)c1ccccc1. The van der Waals surface area contributed by atoms with Crippen LogP contribution in [-0.4, -0.2) is 12.6 Å². The Balaban J connectivity index is 2.99. The minimum atomic E-state index is -0.244. The van der Waals surface area contributed by atoms with Crippen molar-refractivity contribution in [2.24, 2.45) is 5.10 Å². The highest BCUT2D eigenvalue weighted by molar-refractivity contribution is 6.04. The molecule has 1 rings (SSSR count). The van der Waals surface area contributed by atoms with Gasteiger partial charge in [-0.1, -0.05) is 24.8 Å². The molecule has 0 fully saturated rings. The first-order chi connectivity index (χ1) is 6.66. The van der Waals surface area contributed by atoms with E-state index in [1.54, 1.807) is 19.1 Å². The molecular formula is C11H12N2O. The summed E-state index contributed by atoms with van der Waals surface area (Å²) < 4.78 is 0. The van der Waals surface area contributed by atoms with Crippen molar-refractivity contribution in [2.45, 2.75) is 6.92 Å². The van der Waals surface area contributed by atoms with Gasteiger partial charge in [-0.25, -0.2) is 0 Å². The van der Waals surface area contributed by atoms with Gasteiger partial charge in [0.15, 0.2) is 0 Å². The molecule has 1 amide bonds. The molecular weight excluding hydrogens is 176 g/mol. The van der Waals surface area contributed by atoms with E-state index >= 15 is 0 Å². The molecule has 0 heterocycles. The Morgan fingerprint density at radius 1 is 1.36 bits per heavy atom. The third kappa shape index (κ3) is 2.07. The third-order valence-electron chi connectivity index (χ3n) is 1.70. The summed E-state index contributed by atoms with van der Waals surface area (Å²) in [5.74, 6) is -0.244. The highest BCUT2D eigenvalue weighted by Gasteiger charge is 2.13. The number of carbonyl (C=O) groups excluding carboxylic acids is 1. The maximum Gasteiger partial charge on any atom is 0.273 e. The molecule has 0 aliphatic rings. The molecule has 0 atom stereocenters. The van der Waals surface area contributed by atoms with Crippen molar-refractivity contribution in [3.05, 3.63) is 42.5 Å². The first kappa shape index (κ1) is 10.2. The molecule has 1 aromatic carbocycles. The number of hydrazone groups is 1. The van der Waals surface area contributed by atoms with Gasteiger partial charge in [0.25, 0.3) is 5.91 Å². The van der Waals surface area contributed by atoms with E-state index in [1.807, 2.05) is 18.2 Å². The number of rotatable bonds is 3. The molecule has 0 bridgehead atoms. The minimum absolute atomic E-state index is 0.244. The molecule has 0 aliphatic carbocycles. The second-order valence-corrected chi connectivity index (χ2v) is 2.87. The average molecular weight is 188 g/mol. The van der Waals surface area contributed by atoms with E-state index in [9.17, 15) is 4.79 Å². The van der Waals surface area contributed by atoms with Crippen LogP contribution in [0.25, 0.3) is 0 Å². The Hall–Kier alpha value is -1.90. The lowest BCUT2D eigenvalue weighted by Crippen LogP contribution is -2.25. The number of anilines is 1. The molecule has 0 saturated heterocycles. The normalized spacial score (nSPS) is 9.21. The molecule has 0 spiro atoms. The lowest BCUT2D eigenvalue weighted by Gasteiger charge is -2.15. The average Bonchev–Trinajstić information content (AvgIpc) is 2.20. The number of carbonyl (C=O) groups is 1. The van der Waals surface area contributed by atoms with E-state index in [2.05, 4.69) is 18.4 Å². The molecule has 3 nitrogen and oxygen atoms in total. The Morgan fingerprint density at radius 2 is 1.93 bits per heavy atom. The van der Waals surface area contributed by atoms with Crippen LogP contribution in [0.2, 0.25) is 0 Å². The molecule has 14 heavy (non-hydrogen) atoms. The zero-order chi connectivity index (χ0) is 10.6. The molecule has 72 valence electrons. The Morgan fingerprint density at radius 3 is 2.36 bits per heavy atom. The second-order valence-electron chi connectivity index (χ2n) is 2.87. The first-order valence-corrected chi connectivity index (χ1v) is 4.18. The van der Waals surface area contributed by atoms with Crippen LogP contribution < -0.4 is 5.01 Å². The zero-order valence-electron chi connectivity index (χ0n) is 8.10. The van der Waals surface area contributed by atoms with Gasteiger partial charge in [-0.15, -0.1) is 0 Å². The van der Waals surface area contributed by atoms with Gasteiger partial charge in [-0.05, 0) is 19.1 Å². The largest absolute Gasteiger partial charge is 0.273 e. The first-order valence-electron chi connectivity index (χ1n) is 4.18. The number of amides is 1. The van der Waals surface area contributed by atoms with Gasteiger partial charge in [-0.2, -0.15) is 10.1 Å². The van der Waals surface area contributed by atoms with Crippen LogP contribution in [-0.2, 0) is 4.79 Å². The number of hydrogen-bond acceptors (Lipinski definition) is 2. The topological polar surface area (TPSA) is 32.7 Å². The quantitative estimate of drug-likeness (QED) is 0.406. The highest BCUT2D eigenvalue weighted by atomic mass is 16.2. The summed E-state index contributed by atoms with van der Waals surface area (Å²) in [6.07, 6.45) is 0.